The zero-order valence-electron chi connectivity index (χ0n) is 12.8. The van der Waals surface area contributed by atoms with Crippen LogP contribution < -0.4 is 5.32 Å². The molecule has 0 atom stereocenters. The van der Waals surface area contributed by atoms with E-state index in [2.05, 4.69) is 16.0 Å². The van der Waals surface area contributed by atoms with Gasteiger partial charge in [-0.2, -0.15) is 0 Å². The number of nitrogens with zero attached hydrogens (tertiary/aromatic N) is 2. The second-order valence-electron chi connectivity index (χ2n) is 6.03. The number of carbonyl (C=O) groups excluding carboxylic acids is 1. The van der Waals surface area contributed by atoms with Crippen molar-refractivity contribution in [3.63, 3.8) is 0 Å². The maximum atomic E-state index is 12.4. The highest BCUT2D eigenvalue weighted by molar-refractivity contribution is 5.92. The number of hydrogen-bond acceptors (Lipinski definition) is 1. The molecule has 3 rings (SSSR count). The van der Waals surface area contributed by atoms with Gasteiger partial charge in [0, 0.05) is 37.5 Å². The number of aromatic nitrogens is 1. The van der Waals surface area contributed by atoms with Crippen molar-refractivity contribution in [3.8, 4) is 0 Å². The lowest BCUT2D eigenvalue weighted by Gasteiger charge is -2.31. The summed E-state index contributed by atoms with van der Waals surface area (Å²) in [5.74, 6) is 0. The summed E-state index contributed by atoms with van der Waals surface area (Å²) in [4.78, 5) is 14.2. The Morgan fingerprint density at radius 2 is 2.00 bits per heavy atom. The molecule has 21 heavy (non-hydrogen) atoms. The number of anilines is 1. The van der Waals surface area contributed by atoms with Gasteiger partial charge in [-0.15, -0.1) is 0 Å². The van der Waals surface area contributed by atoms with Crippen molar-refractivity contribution in [2.75, 3.05) is 12.4 Å². The molecule has 0 radical (unpaired) electrons. The van der Waals surface area contributed by atoms with E-state index in [9.17, 15) is 4.79 Å². The summed E-state index contributed by atoms with van der Waals surface area (Å²) in [6, 6.07) is 8.50. The largest absolute Gasteiger partial charge is 0.350 e. The van der Waals surface area contributed by atoms with Crippen molar-refractivity contribution in [2.24, 2.45) is 7.05 Å². The minimum atomic E-state index is -0.00420. The third-order valence-electron chi connectivity index (χ3n) is 4.58. The quantitative estimate of drug-likeness (QED) is 0.890. The number of carbonyl (C=O) groups is 1. The third-order valence-corrected chi connectivity index (χ3v) is 4.58. The van der Waals surface area contributed by atoms with Gasteiger partial charge in [0.25, 0.3) is 0 Å². The van der Waals surface area contributed by atoms with Gasteiger partial charge in [0.05, 0.1) is 0 Å². The van der Waals surface area contributed by atoms with E-state index in [0.717, 1.165) is 24.0 Å². The molecule has 1 aliphatic rings. The molecule has 1 saturated carbocycles. The van der Waals surface area contributed by atoms with Gasteiger partial charge in [-0.05, 0) is 36.4 Å². The van der Waals surface area contributed by atoms with Crippen LogP contribution in [0.5, 0.6) is 0 Å². The first-order valence-corrected chi connectivity index (χ1v) is 7.74. The highest BCUT2D eigenvalue weighted by Gasteiger charge is 2.22. The number of fused-ring (bicyclic) bond motifs is 1. The fourth-order valence-electron chi connectivity index (χ4n) is 3.19. The Balaban J connectivity index is 1.71. The predicted octanol–water partition coefficient (Wildman–Crippen LogP) is 3.97. The Bertz CT molecular complexity index is 641. The summed E-state index contributed by atoms with van der Waals surface area (Å²) in [6.07, 6.45) is 8.05. The van der Waals surface area contributed by atoms with Gasteiger partial charge in [0.15, 0.2) is 0 Å². The second-order valence-corrected chi connectivity index (χ2v) is 6.03. The molecule has 0 saturated heterocycles. The van der Waals surface area contributed by atoms with Gasteiger partial charge < -0.3 is 14.8 Å². The Kier molecular flexibility index (Phi) is 3.86. The van der Waals surface area contributed by atoms with E-state index in [4.69, 9.17) is 0 Å². The van der Waals surface area contributed by atoms with Crippen LogP contribution in [0, 0.1) is 0 Å². The summed E-state index contributed by atoms with van der Waals surface area (Å²) in [5, 5.41) is 4.21. The fourth-order valence-corrected chi connectivity index (χ4v) is 3.19. The Labute approximate surface area is 125 Å². The molecular formula is C17H23N3O. The topological polar surface area (TPSA) is 37.3 Å². The minimum Gasteiger partial charge on any atom is -0.350 e. The number of amides is 2. The van der Waals surface area contributed by atoms with Crippen LogP contribution in [-0.2, 0) is 7.05 Å². The van der Waals surface area contributed by atoms with E-state index in [0.29, 0.717) is 6.04 Å². The lowest BCUT2D eigenvalue weighted by molar-refractivity contribution is 0.186. The van der Waals surface area contributed by atoms with Gasteiger partial charge in [-0.1, -0.05) is 25.3 Å². The van der Waals surface area contributed by atoms with E-state index >= 15 is 0 Å². The highest BCUT2D eigenvalue weighted by atomic mass is 16.2. The molecule has 1 aromatic heterocycles. The Morgan fingerprint density at radius 1 is 1.24 bits per heavy atom. The molecule has 2 aromatic rings. The van der Waals surface area contributed by atoms with Crippen molar-refractivity contribution < 1.29 is 4.79 Å². The van der Waals surface area contributed by atoms with Crippen LogP contribution in [0.4, 0.5) is 10.5 Å². The van der Waals surface area contributed by atoms with E-state index in [1.54, 1.807) is 0 Å². The summed E-state index contributed by atoms with van der Waals surface area (Å²) in [5.41, 5.74) is 1.99. The summed E-state index contributed by atoms with van der Waals surface area (Å²) >= 11 is 0. The van der Waals surface area contributed by atoms with Crippen LogP contribution in [0.2, 0.25) is 0 Å². The molecule has 1 N–H and O–H groups in total. The van der Waals surface area contributed by atoms with Crippen molar-refractivity contribution in [1.29, 1.82) is 0 Å². The van der Waals surface area contributed by atoms with Crippen molar-refractivity contribution in [1.82, 2.24) is 9.47 Å². The predicted molar refractivity (Wildman–Crippen MR) is 86.6 cm³/mol. The van der Waals surface area contributed by atoms with Crippen LogP contribution >= 0.6 is 0 Å². The van der Waals surface area contributed by atoms with Crippen LogP contribution in [-0.4, -0.2) is 28.6 Å². The molecule has 4 nitrogen and oxygen atoms in total. The number of urea groups is 1. The summed E-state index contributed by atoms with van der Waals surface area (Å²) in [7, 11) is 3.93. The molecule has 4 heteroatoms. The maximum Gasteiger partial charge on any atom is 0.321 e. The normalized spacial score (nSPS) is 16.1. The summed E-state index contributed by atoms with van der Waals surface area (Å²) < 4.78 is 2.07. The summed E-state index contributed by atoms with van der Waals surface area (Å²) in [6.45, 7) is 0. The molecular weight excluding hydrogens is 262 g/mol. The van der Waals surface area contributed by atoms with Crippen LogP contribution in [0.3, 0.4) is 0 Å². The molecule has 1 aromatic carbocycles. The zero-order chi connectivity index (χ0) is 14.8. The van der Waals surface area contributed by atoms with E-state index in [-0.39, 0.29) is 6.03 Å². The van der Waals surface area contributed by atoms with Crippen molar-refractivity contribution in [3.05, 3.63) is 30.5 Å². The number of nitrogens with one attached hydrogen (secondary N) is 1. The van der Waals surface area contributed by atoms with Gasteiger partial charge >= 0.3 is 6.03 Å². The molecule has 0 bridgehead atoms. The maximum absolute atomic E-state index is 12.4. The Hall–Kier alpha value is -1.97. The minimum absolute atomic E-state index is 0.00420. The van der Waals surface area contributed by atoms with E-state index < -0.39 is 0 Å². The molecule has 0 unspecified atom stereocenters. The molecule has 112 valence electrons. The zero-order valence-corrected chi connectivity index (χ0v) is 12.8. The highest BCUT2D eigenvalue weighted by Crippen LogP contribution is 2.23. The van der Waals surface area contributed by atoms with Crippen molar-refractivity contribution >= 4 is 22.6 Å². The molecule has 1 fully saturated rings. The lowest BCUT2D eigenvalue weighted by atomic mass is 9.95. The monoisotopic (exact) mass is 285 g/mol. The molecule has 1 heterocycles. The van der Waals surface area contributed by atoms with Crippen molar-refractivity contribution in [2.45, 2.75) is 38.1 Å². The first kappa shape index (κ1) is 14.0. The third kappa shape index (κ3) is 2.89. The second kappa shape index (κ2) is 5.80. The van der Waals surface area contributed by atoms with E-state index in [1.807, 2.05) is 43.4 Å². The van der Waals surface area contributed by atoms with Crippen LogP contribution in [0.1, 0.15) is 32.1 Å². The van der Waals surface area contributed by atoms with Gasteiger partial charge in [0.2, 0.25) is 0 Å². The standard InChI is InChI=1S/C17H23N3O/c1-19-11-10-13-8-9-14(12-16(13)19)18-17(21)20(2)15-6-4-3-5-7-15/h8-12,15H,3-7H2,1-2H3,(H,18,21). The van der Waals surface area contributed by atoms with Gasteiger partial charge in [-0.3, -0.25) is 0 Å². The first-order chi connectivity index (χ1) is 10.1. The number of rotatable bonds is 2. The molecule has 2 amide bonds. The van der Waals surface area contributed by atoms with E-state index in [1.165, 1.54) is 24.6 Å². The average Bonchev–Trinajstić information content (AvgIpc) is 2.88. The SMILES string of the molecule is CN(C(=O)Nc1ccc2ccn(C)c2c1)C1CCCCC1. The molecule has 0 spiro atoms. The van der Waals surface area contributed by atoms with Gasteiger partial charge in [-0.25, -0.2) is 4.79 Å². The first-order valence-electron chi connectivity index (χ1n) is 7.74. The van der Waals surface area contributed by atoms with Gasteiger partial charge in [0.1, 0.15) is 0 Å². The number of benzene rings is 1. The smallest absolute Gasteiger partial charge is 0.321 e. The van der Waals surface area contributed by atoms with Crippen LogP contribution in [0.15, 0.2) is 30.5 Å². The molecule has 1 aliphatic carbocycles. The van der Waals surface area contributed by atoms with Crippen LogP contribution in [0.25, 0.3) is 10.9 Å². The number of hydrogen-bond donors (Lipinski definition) is 1. The fraction of sp³-hybridized carbons (Fsp3) is 0.471. The number of aryl methyl sites for hydroxylation is 1. The molecule has 0 aliphatic heterocycles. The average molecular weight is 285 g/mol. The Morgan fingerprint density at radius 3 is 2.76 bits per heavy atom. The lowest BCUT2D eigenvalue weighted by Crippen LogP contribution is -2.40.